The van der Waals surface area contributed by atoms with Gasteiger partial charge in [0.2, 0.25) is 17.4 Å². The smallest absolute Gasteiger partial charge is 0.210 e. The summed E-state index contributed by atoms with van der Waals surface area (Å²) in [4.78, 5) is 8.58. The first kappa shape index (κ1) is 9.26. The van der Waals surface area contributed by atoms with Crippen LogP contribution in [0, 0.1) is 23.3 Å². The normalized spacial score (nSPS) is 14.9. The SMILES string of the molecule is Fc1c(F)c(F)c2c(c1F)CCOO2. The maximum absolute atomic E-state index is 13.0. The Hall–Kier alpha value is -1.30. The van der Waals surface area contributed by atoms with E-state index in [0.29, 0.717) is 0 Å². The highest BCUT2D eigenvalue weighted by Crippen LogP contribution is 2.32. The van der Waals surface area contributed by atoms with Crippen LogP contribution in [0.2, 0.25) is 0 Å². The molecule has 14 heavy (non-hydrogen) atoms. The molecule has 0 amide bonds. The lowest BCUT2D eigenvalue weighted by Crippen LogP contribution is -2.16. The Labute approximate surface area is 76.0 Å². The van der Waals surface area contributed by atoms with Gasteiger partial charge in [0.1, 0.15) is 0 Å². The van der Waals surface area contributed by atoms with Crippen LogP contribution in [0.1, 0.15) is 5.56 Å². The summed E-state index contributed by atoms with van der Waals surface area (Å²) in [7, 11) is 0. The van der Waals surface area contributed by atoms with Crippen molar-refractivity contribution in [2.75, 3.05) is 6.61 Å². The standard InChI is InChI=1S/C8H4F4O2/c9-4-3-1-2-13-14-8(3)7(12)6(11)5(4)10/h1-2H2. The largest absolute Gasteiger partial charge is 0.334 e. The van der Waals surface area contributed by atoms with Gasteiger partial charge in [-0.25, -0.2) is 13.2 Å². The maximum Gasteiger partial charge on any atom is 0.210 e. The molecular weight excluding hydrogens is 204 g/mol. The Morgan fingerprint density at radius 3 is 2.21 bits per heavy atom. The van der Waals surface area contributed by atoms with E-state index in [1.165, 1.54) is 0 Å². The molecule has 1 aliphatic rings. The van der Waals surface area contributed by atoms with Crippen molar-refractivity contribution in [1.82, 2.24) is 0 Å². The summed E-state index contributed by atoms with van der Waals surface area (Å²) in [6, 6.07) is 0. The molecule has 1 aliphatic heterocycles. The number of fused-ring (bicyclic) bond motifs is 1. The number of hydrogen-bond acceptors (Lipinski definition) is 2. The summed E-state index contributed by atoms with van der Waals surface area (Å²) >= 11 is 0. The highest BCUT2D eigenvalue weighted by molar-refractivity contribution is 5.38. The molecule has 0 aliphatic carbocycles. The Morgan fingerprint density at radius 1 is 0.857 bits per heavy atom. The highest BCUT2D eigenvalue weighted by Gasteiger charge is 2.29. The van der Waals surface area contributed by atoms with E-state index in [0.717, 1.165) is 0 Å². The molecule has 0 atom stereocenters. The molecular formula is C8H4F4O2. The predicted octanol–water partition coefficient (Wildman–Crippen LogP) is 2.11. The van der Waals surface area contributed by atoms with Crippen molar-refractivity contribution in [2.24, 2.45) is 0 Å². The van der Waals surface area contributed by atoms with Crippen molar-refractivity contribution in [1.29, 1.82) is 0 Å². The minimum absolute atomic E-state index is 0.0333. The van der Waals surface area contributed by atoms with Crippen LogP contribution in [-0.4, -0.2) is 6.61 Å². The molecule has 0 fully saturated rings. The lowest BCUT2D eigenvalue weighted by molar-refractivity contribution is -0.218. The zero-order valence-electron chi connectivity index (χ0n) is 6.74. The van der Waals surface area contributed by atoms with Gasteiger partial charge < -0.3 is 4.89 Å². The van der Waals surface area contributed by atoms with Crippen LogP contribution in [0.25, 0.3) is 0 Å². The van der Waals surface area contributed by atoms with Crippen molar-refractivity contribution < 1.29 is 27.3 Å². The van der Waals surface area contributed by atoms with Crippen molar-refractivity contribution in [3.05, 3.63) is 28.8 Å². The molecule has 2 nitrogen and oxygen atoms in total. The van der Waals surface area contributed by atoms with E-state index < -0.39 is 29.0 Å². The quantitative estimate of drug-likeness (QED) is 0.281. The zero-order chi connectivity index (χ0) is 10.3. The first-order valence-electron chi connectivity index (χ1n) is 3.77. The first-order valence-corrected chi connectivity index (χ1v) is 3.77. The number of benzene rings is 1. The van der Waals surface area contributed by atoms with Gasteiger partial charge in [0, 0.05) is 12.0 Å². The maximum atomic E-state index is 13.0. The van der Waals surface area contributed by atoms with Gasteiger partial charge in [0.25, 0.3) is 0 Å². The average Bonchev–Trinajstić information content (AvgIpc) is 2.23. The third-order valence-electron chi connectivity index (χ3n) is 1.89. The van der Waals surface area contributed by atoms with Crippen LogP contribution < -0.4 is 4.89 Å². The van der Waals surface area contributed by atoms with E-state index >= 15 is 0 Å². The zero-order valence-corrected chi connectivity index (χ0v) is 6.74. The molecule has 0 saturated carbocycles. The molecule has 0 spiro atoms. The van der Waals surface area contributed by atoms with Gasteiger partial charge in [0.05, 0.1) is 6.61 Å². The second-order valence-corrected chi connectivity index (χ2v) is 2.72. The van der Waals surface area contributed by atoms with Gasteiger partial charge >= 0.3 is 0 Å². The van der Waals surface area contributed by atoms with Crippen LogP contribution in [0.3, 0.4) is 0 Å². The summed E-state index contributed by atoms with van der Waals surface area (Å²) < 4.78 is 51.3. The Kier molecular flexibility index (Phi) is 2.07. The minimum atomic E-state index is -1.90. The fourth-order valence-electron chi connectivity index (χ4n) is 1.21. The summed E-state index contributed by atoms with van der Waals surface area (Å²) in [5.74, 6) is -7.44. The molecule has 0 saturated heterocycles. The van der Waals surface area contributed by atoms with Crippen molar-refractivity contribution >= 4 is 0 Å². The monoisotopic (exact) mass is 208 g/mol. The van der Waals surface area contributed by atoms with Crippen LogP contribution in [-0.2, 0) is 11.3 Å². The molecule has 2 rings (SSSR count). The van der Waals surface area contributed by atoms with Crippen molar-refractivity contribution in [3.8, 4) is 5.75 Å². The highest BCUT2D eigenvalue weighted by atomic mass is 19.2. The third-order valence-corrected chi connectivity index (χ3v) is 1.89. The van der Waals surface area contributed by atoms with Gasteiger partial charge in [-0.2, -0.15) is 9.28 Å². The van der Waals surface area contributed by atoms with Crippen LogP contribution in [0.5, 0.6) is 5.75 Å². The molecule has 76 valence electrons. The Bertz CT molecular complexity index is 355. The van der Waals surface area contributed by atoms with Gasteiger partial charge in [-0.1, -0.05) is 0 Å². The van der Waals surface area contributed by atoms with Crippen LogP contribution in [0.15, 0.2) is 0 Å². The fourth-order valence-corrected chi connectivity index (χ4v) is 1.21. The fraction of sp³-hybridized carbons (Fsp3) is 0.250. The lowest BCUT2D eigenvalue weighted by atomic mass is 10.1. The third kappa shape index (κ3) is 1.14. The molecule has 0 aromatic heterocycles. The molecule has 6 heteroatoms. The van der Waals surface area contributed by atoms with E-state index in [9.17, 15) is 17.6 Å². The summed E-state index contributed by atoms with van der Waals surface area (Å²) in [6.07, 6.45) is -0.0602. The second kappa shape index (κ2) is 3.13. The molecule has 0 radical (unpaired) electrons. The van der Waals surface area contributed by atoms with E-state index in [2.05, 4.69) is 9.78 Å². The van der Waals surface area contributed by atoms with E-state index in [1.807, 2.05) is 0 Å². The van der Waals surface area contributed by atoms with Crippen LogP contribution >= 0.6 is 0 Å². The lowest BCUT2D eigenvalue weighted by Gasteiger charge is -2.17. The van der Waals surface area contributed by atoms with Crippen molar-refractivity contribution in [2.45, 2.75) is 6.42 Å². The number of halogens is 4. The van der Waals surface area contributed by atoms with Gasteiger partial charge in [-0.05, 0) is 0 Å². The Morgan fingerprint density at radius 2 is 1.50 bits per heavy atom. The minimum Gasteiger partial charge on any atom is -0.334 e. The molecule has 1 aromatic rings. The second-order valence-electron chi connectivity index (χ2n) is 2.72. The van der Waals surface area contributed by atoms with Gasteiger partial charge in [-0.3, -0.25) is 0 Å². The molecule has 1 aromatic carbocycles. The summed E-state index contributed by atoms with van der Waals surface area (Å²) in [5.41, 5.74) is -0.340. The van der Waals surface area contributed by atoms with E-state index in [4.69, 9.17) is 0 Å². The van der Waals surface area contributed by atoms with E-state index in [1.54, 1.807) is 0 Å². The molecule has 0 N–H and O–H groups in total. The average molecular weight is 208 g/mol. The van der Waals surface area contributed by atoms with E-state index in [-0.39, 0.29) is 18.6 Å². The number of rotatable bonds is 0. The first-order chi connectivity index (χ1) is 6.63. The van der Waals surface area contributed by atoms with Gasteiger partial charge in [0.15, 0.2) is 11.6 Å². The predicted molar refractivity (Wildman–Crippen MR) is 36.6 cm³/mol. The summed E-state index contributed by atoms with van der Waals surface area (Å²) in [5, 5.41) is 0. The van der Waals surface area contributed by atoms with Crippen LogP contribution in [0.4, 0.5) is 17.6 Å². The molecule has 0 bridgehead atoms. The Balaban J connectivity index is 2.71. The topological polar surface area (TPSA) is 18.5 Å². The van der Waals surface area contributed by atoms with Crippen molar-refractivity contribution in [3.63, 3.8) is 0 Å². The molecule has 1 heterocycles. The molecule has 0 unspecified atom stereocenters. The van der Waals surface area contributed by atoms with Gasteiger partial charge in [-0.15, -0.1) is 0 Å². The number of hydrogen-bond donors (Lipinski definition) is 0. The summed E-state index contributed by atoms with van der Waals surface area (Å²) in [6.45, 7) is -0.0333.